The summed E-state index contributed by atoms with van der Waals surface area (Å²) in [6.45, 7) is 4.94. The van der Waals surface area contributed by atoms with Crippen molar-refractivity contribution < 1.29 is 14.6 Å². The number of phenols is 1. The lowest BCUT2D eigenvalue weighted by Gasteiger charge is -2.43. The standard InChI is InChI=1S/C27H35NO3/c1-3-14-27(15-16-28-4-2)19-25(20-8-7-9-21(29)17-20)24-13-12-23(18-26(24)31-27)30-22-10-5-6-11-22/h4,7-9,12-13,17-18,22,25,29H,3,5-6,10-11,14-16,19H2,1-2H3. The lowest BCUT2D eigenvalue weighted by Crippen LogP contribution is -2.42. The first kappa shape index (κ1) is 21.7. The molecule has 1 heterocycles. The monoisotopic (exact) mass is 421 g/mol. The summed E-state index contributed by atoms with van der Waals surface area (Å²) in [5.74, 6) is 2.31. The van der Waals surface area contributed by atoms with E-state index in [1.165, 1.54) is 18.4 Å². The Morgan fingerprint density at radius 2 is 2.00 bits per heavy atom. The summed E-state index contributed by atoms with van der Waals surface area (Å²) >= 11 is 0. The fraction of sp³-hybridized carbons (Fsp3) is 0.519. The maximum Gasteiger partial charge on any atom is 0.127 e. The molecule has 4 heteroatoms. The summed E-state index contributed by atoms with van der Waals surface area (Å²) < 4.78 is 13.1. The highest BCUT2D eigenvalue weighted by molar-refractivity contribution is 5.53. The van der Waals surface area contributed by atoms with Crippen molar-refractivity contribution in [2.24, 2.45) is 4.99 Å². The fourth-order valence-corrected chi connectivity index (χ4v) is 5.24. The molecule has 2 aromatic carbocycles. The van der Waals surface area contributed by atoms with E-state index < -0.39 is 0 Å². The molecule has 4 rings (SSSR count). The van der Waals surface area contributed by atoms with E-state index in [0.29, 0.717) is 11.9 Å². The molecule has 4 nitrogen and oxygen atoms in total. The van der Waals surface area contributed by atoms with Crippen LogP contribution in [0, 0.1) is 0 Å². The Kier molecular flexibility index (Phi) is 6.84. The van der Waals surface area contributed by atoms with Crippen LogP contribution in [0.15, 0.2) is 47.5 Å². The summed E-state index contributed by atoms with van der Waals surface area (Å²) in [5.41, 5.74) is 2.04. The molecule has 0 bridgehead atoms. The molecule has 166 valence electrons. The molecule has 31 heavy (non-hydrogen) atoms. The quantitative estimate of drug-likeness (QED) is 0.486. The maximum atomic E-state index is 10.1. The number of ether oxygens (including phenoxy) is 2. The Labute approximate surface area is 186 Å². The number of hydrogen-bond acceptors (Lipinski definition) is 4. The Morgan fingerprint density at radius 3 is 2.74 bits per heavy atom. The summed E-state index contributed by atoms with van der Waals surface area (Å²) in [5, 5.41) is 10.1. The van der Waals surface area contributed by atoms with Gasteiger partial charge in [-0.15, -0.1) is 0 Å². The molecular formula is C27H35NO3. The van der Waals surface area contributed by atoms with Crippen molar-refractivity contribution in [2.45, 2.75) is 82.8 Å². The predicted octanol–water partition coefficient (Wildman–Crippen LogP) is 6.65. The van der Waals surface area contributed by atoms with E-state index in [0.717, 1.165) is 62.1 Å². The van der Waals surface area contributed by atoms with E-state index in [1.54, 1.807) is 6.07 Å². The zero-order valence-electron chi connectivity index (χ0n) is 18.8. The van der Waals surface area contributed by atoms with Gasteiger partial charge in [0.2, 0.25) is 0 Å². The first-order valence-electron chi connectivity index (χ1n) is 11.9. The van der Waals surface area contributed by atoms with Crippen LogP contribution in [-0.4, -0.2) is 29.6 Å². The molecule has 1 saturated carbocycles. The minimum atomic E-state index is -0.267. The lowest BCUT2D eigenvalue weighted by atomic mass is 9.75. The minimum Gasteiger partial charge on any atom is -0.508 e. The van der Waals surface area contributed by atoms with Crippen LogP contribution in [0.2, 0.25) is 0 Å². The highest BCUT2D eigenvalue weighted by atomic mass is 16.5. The number of nitrogens with zero attached hydrogens (tertiary/aromatic N) is 1. The maximum absolute atomic E-state index is 10.1. The number of fused-ring (bicyclic) bond motifs is 1. The van der Waals surface area contributed by atoms with Crippen LogP contribution in [0.25, 0.3) is 0 Å². The van der Waals surface area contributed by atoms with Gasteiger partial charge in [0, 0.05) is 30.5 Å². The van der Waals surface area contributed by atoms with Crippen LogP contribution in [0.4, 0.5) is 0 Å². The summed E-state index contributed by atoms with van der Waals surface area (Å²) in [7, 11) is 0. The van der Waals surface area contributed by atoms with E-state index in [-0.39, 0.29) is 11.5 Å². The second kappa shape index (κ2) is 9.76. The Morgan fingerprint density at radius 1 is 1.16 bits per heavy atom. The summed E-state index contributed by atoms with van der Waals surface area (Å²) in [4.78, 5) is 4.48. The molecule has 2 aliphatic rings. The first-order chi connectivity index (χ1) is 15.1. The van der Waals surface area contributed by atoms with E-state index in [9.17, 15) is 5.11 Å². The third kappa shape index (κ3) is 5.06. The molecule has 0 saturated heterocycles. The zero-order valence-corrected chi connectivity index (χ0v) is 18.8. The molecule has 2 atom stereocenters. The van der Waals surface area contributed by atoms with Gasteiger partial charge < -0.3 is 14.6 Å². The third-order valence-electron chi connectivity index (χ3n) is 6.73. The first-order valence-corrected chi connectivity index (χ1v) is 11.9. The van der Waals surface area contributed by atoms with Crippen LogP contribution in [0.5, 0.6) is 17.2 Å². The number of hydrogen-bond donors (Lipinski definition) is 1. The molecule has 0 amide bonds. The molecular weight excluding hydrogens is 386 g/mol. The van der Waals surface area contributed by atoms with E-state index in [2.05, 4.69) is 36.2 Å². The van der Waals surface area contributed by atoms with Crippen molar-refractivity contribution >= 4 is 6.21 Å². The van der Waals surface area contributed by atoms with Crippen LogP contribution >= 0.6 is 0 Å². The van der Waals surface area contributed by atoms with E-state index >= 15 is 0 Å². The van der Waals surface area contributed by atoms with Gasteiger partial charge in [-0.1, -0.05) is 31.5 Å². The van der Waals surface area contributed by atoms with Crippen LogP contribution in [-0.2, 0) is 0 Å². The van der Waals surface area contributed by atoms with Crippen LogP contribution in [0.1, 0.15) is 82.3 Å². The van der Waals surface area contributed by atoms with Crippen molar-refractivity contribution in [1.29, 1.82) is 0 Å². The minimum absolute atomic E-state index is 0.175. The second-order valence-corrected chi connectivity index (χ2v) is 9.03. The smallest absolute Gasteiger partial charge is 0.127 e. The average molecular weight is 422 g/mol. The second-order valence-electron chi connectivity index (χ2n) is 9.03. The molecule has 0 aromatic heterocycles. The van der Waals surface area contributed by atoms with Crippen molar-refractivity contribution in [3.63, 3.8) is 0 Å². The molecule has 1 fully saturated rings. The Balaban J connectivity index is 1.71. The van der Waals surface area contributed by atoms with Crippen molar-refractivity contribution in [3.8, 4) is 17.2 Å². The molecule has 1 aliphatic heterocycles. The average Bonchev–Trinajstić information content (AvgIpc) is 3.26. The zero-order chi connectivity index (χ0) is 21.7. The Hall–Kier alpha value is -2.49. The van der Waals surface area contributed by atoms with Gasteiger partial charge in [-0.25, -0.2) is 0 Å². The molecule has 0 radical (unpaired) electrons. The normalized spacial score (nSPS) is 23.6. The SMILES string of the molecule is CC=NCCC1(CCC)CC(c2cccc(O)c2)c2ccc(OC3CCCC3)cc2O1. The number of aromatic hydroxyl groups is 1. The van der Waals surface area contributed by atoms with Gasteiger partial charge in [0.15, 0.2) is 0 Å². The number of aliphatic imine (C=N–C) groups is 1. The van der Waals surface area contributed by atoms with Crippen molar-refractivity contribution in [2.75, 3.05) is 6.54 Å². The summed E-state index contributed by atoms with van der Waals surface area (Å²) in [6, 6.07) is 14.0. The largest absolute Gasteiger partial charge is 0.508 e. The van der Waals surface area contributed by atoms with Gasteiger partial charge >= 0.3 is 0 Å². The van der Waals surface area contributed by atoms with Gasteiger partial charge in [0.05, 0.1) is 6.10 Å². The number of rotatable bonds is 8. The van der Waals surface area contributed by atoms with Crippen LogP contribution in [0.3, 0.4) is 0 Å². The van der Waals surface area contributed by atoms with Gasteiger partial charge in [-0.2, -0.15) is 0 Å². The number of phenolic OH excluding ortho intramolecular Hbond substituents is 1. The topological polar surface area (TPSA) is 51.1 Å². The van der Waals surface area contributed by atoms with E-state index in [4.69, 9.17) is 9.47 Å². The molecule has 2 unspecified atom stereocenters. The Bertz CT molecular complexity index is 903. The molecule has 0 spiro atoms. The molecule has 1 N–H and O–H groups in total. The van der Waals surface area contributed by atoms with Crippen LogP contribution < -0.4 is 9.47 Å². The van der Waals surface area contributed by atoms with Crippen molar-refractivity contribution in [3.05, 3.63) is 53.6 Å². The van der Waals surface area contributed by atoms with Gasteiger partial charge in [0.25, 0.3) is 0 Å². The fourth-order valence-electron chi connectivity index (χ4n) is 5.24. The predicted molar refractivity (Wildman–Crippen MR) is 126 cm³/mol. The lowest BCUT2D eigenvalue weighted by molar-refractivity contribution is 0.0243. The van der Waals surface area contributed by atoms with Gasteiger partial charge in [0.1, 0.15) is 22.8 Å². The third-order valence-corrected chi connectivity index (χ3v) is 6.73. The van der Waals surface area contributed by atoms with Crippen molar-refractivity contribution in [1.82, 2.24) is 0 Å². The van der Waals surface area contributed by atoms with E-state index in [1.807, 2.05) is 25.3 Å². The number of benzene rings is 2. The van der Waals surface area contributed by atoms with Gasteiger partial charge in [-0.05, 0) is 75.4 Å². The highest BCUT2D eigenvalue weighted by Gasteiger charge is 2.41. The highest BCUT2D eigenvalue weighted by Crippen LogP contribution is 2.48. The summed E-state index contributed by atoms with van der Waals surface area (Å²) in [6.07, 6.45) is 10.8. The molecule has 2 aromatic rings. The van der Waals surface area contributed by atoms with Gasteiger partial charge in [-0.3, -0.25) is 4.99 Å². The molecule has 1 aliphatic carbocycles.